The summed E-state index contributed by atoms with van der Waals surface area (Å²) in [6, 6.07) is 7.39. The summed E-state index contributed by atoms with van der Waals surface area (Å²) in [6.07, 6.45) is 0.913. The maximum absolute atomic E-state index is 10.9. The highest BCUT2D eigenvalue weighted by atomic mass is 16.5. The van der Waals surface area contributed by atoms with Gasteiger partial charge in [0.05, 0.1) is 7.11 Å². The normalized spacial score (nSPS) is 10.4. The first-order valence-electron chi connectivity index (χ1n) is 6.67. The lowest BCUT2D eigenvalue weighted by molar-refractivity contribution is 0.0657. The molecule has 0 aliphatic heterocycles. The van der Waals surface area contributed by atoms with Gasteiger partial charge in [0.1, 0.15) is 12.4 Å². The Morgan fingerprint density at radius 1 is 1.29 bits per heavy atom. The number of hydrogen-bond acceptors (Lipinski definition) is 4. The van der Waals surface area contributed by atoms with Crippen molar-refractivity contribution in [3.8, 4) is 11.5 Å². The minimum Gasteiger partial charge on any atom is -0.493 e. The van der Waals surface area contributed by atoms with Gasteiger partial charge in [0.15, 0.2) is 11.5 Å². The summed E-state index contributed by atoms with van der Waals surface area (Å²) in [7, 11) is 1.58. The molecule has 5 nitrogen and oxygen atoms in total. The topological polar surface area (TPSA) is 68.9 Å². The number of benzene rings is 1. The number of carboxylic acids is 1. The Hall–Kier alpha value is -2.43. The summed E-state index contributed by atoms with van der Waals surface area (Å²) in [5.74, 6) is 0.578. The summed E-state index contributed by atoms with van der Waals surface area (Å²) < 4.78 is 16.2. The number of aromatic carboxylic acids is 1. The highest BCUT2D eigenvalue weighted by Crippen LogP contribution is 2.29. The van der Waals surface area contributed by atoms with Crippen LogP contribution in [0.3, 0.4) is 0 Å². The maximum Gasteiger partial charge on any atom is 0.372 e. The molecule has 1 aromatic carbocycles. The van der Waals surface area contributed by atoms with Gasteiger partial charge in [0.2, 0.25) is 5.76 Å². The maximum atomic E-state index is 10.9. The quantitative estimate of drug-likeness (QED) is 0.882. The van der Waals surface area contributed by atoms with Crippen LogP contribution >= 0.6 is 0 Å². The number of furan rings is 1. The third-order valence-electron chi connectivity index (χ3n) is 3.17. The van der Waals surface area contributed by atoms with Crippen molar-refractivity contribution in [3.05, 3.63) is 46.9 Å². The fourth-order valence-electron chi connectivity index (χ4n) is 2.03. The number of ether oxygens (including phenoxy) is 2. The SMILES string of the molecule is CCc1ccc(OCc2cc(C)c(C(=O)O)o2)c(OC)c1. The highest BCUT2D eigenvalue weighted by molar-refractivity contribution is 5.86. The van der Waals surface area contributed by atoms with E-state index in [1.54, 1.807) is 20.1 Å². The van der Waals surface area contributed by atoms with Crippen molar-refractivity contribution < 1.29 is 23.8 Å². The van der Waals surface area contributed by atoms with Crippen LogP contribution in [0.15, 0.2) is 28.7 Å². The van der Waals surface area contributed by atoms with E-state index in [4.69, 9.17) is 19.0 Å². The smallest absolute Gasteiger partial charge is 0.372 e. The van der Waals surface area contributed by atoms with Crippen molar-refractivity contribution in [1.29, 1.82) is 0 Å². The minimum atomic E-state index is -1.08. The van der Waals surface area contributed by atoms with Crippen molar-refractivity contribution in [1.82, 2.24) is 0 Å². The molecule has 1 N–H and O–H groups in total. The van der Waals surface area contributed by atoms with E-state index in [1.165, 1.54) is 0 Å². The van der Waals surface area contributed by atoms with E-state index in [0.29, 0.717) is 22.8 Å². The van der Waals surface area contributed by atoms with Gasteiger partial charge >= 0.3 is 5.97 Å². The predicted molar refractivity (Wildman–Crippen MR) is 77.1 cm³/mol. The first-order valence-corrected chi connectivity index (χ1v) is 6.67. The Bertz CT molecular complexity index is 642. The van der Waals surface area contributed by atoms with Crippen LogP contribution in [-0.2, 0) is 13.0 Å². The molecule has 0 unspecified atom stereocenters. The van der Waals surface area contributed by atoms with Gasteiger partial charge in [-0.15, -0.1) is 0 Å². The van der Waals surface area contributed by atoms with Gasteiger partial charge in [-0.3, -0.25) is 0 Å². The van der Waals surface area contributed by atoms with Gasteiger partial charge in [-0.25, -0.2) is 4.79 Å². The van der Waals surface area contributed by atoms with Crippen LogP contribution in [0, 0.1) is 6.92 Å². The van der Waals surface area contributed by atoms with Crippen LogP contribution in [0.4, 0.5) is 0 Å². The van der Waals surface area contributed by atoms with Crippen molar-refractivity contribution in [2.45, 2.75) is 26.9 Å². The molecule has 0 amide bonds. The number of methoxy groups -OCH3 is 1. The van der Waals surface area contributed by atoms with E-state index in [2.05, 4.69) is 6.92 Å². The molecule has 0 aliphatic carbocycles. The summed E-state index contributed by atoms with van der Waals surface area (Å²) in [6.45, 7) is 3.90. The van der Waals surface area contributed by atoms with E-state index in [9.17, 15) is 4.79 Å². The lowest BCUT2D eigenvalue weighted by Gasteiger charge is -2.10. The monoisotopic (exact) mass is 290 g/mol. The van der Waals surface area contributed by atoms with Crippen LogP contribution in [0.2, 0.25) is 0 Å². The molecule has 0 fully saturated rings. The van der Waals surface area contributed by atoms with E-state index < -0.39 is 5.97 Å². The van der Waals surface area contributed by atoms with E-state index in [0.717, 1.165) is 12.0 Å². The first-order chi connectivity index (χ1) is 10.0. The number of rotatable bonds is 6. The molecule has 0 spiro atoms. The number of carbonyl (C=O) groups is 1. The summed E-state index contributed by atoms with van der Waals surface area (Å²) in [5, 5.41) is 8.95. The molecule has 1 heterocycles. The van der Waals surface area contributed by atoms with Crippen molar-refractivity contribution in [2.75, 3.05) is 7.11 Å². The number of aryl methyl sites for hydroxylation is 2. The number of carboxylic acid groups (broad SMARTS) is 1. The van der Waals surface area contributed by atoms with Gasteiger partial charge in [-0.2, -0.15) is 0 Å². The fraction of sp³-hybridized carbons (Fsp3) is 0.312. The third-order valence-corrected chi connectivity index (χ3v) is 3.17. The largest absolute Gasteiger partial charge is 0.493 e. The molecule has 1 aromatic heterocycles. The van der Waals surface area contributed by atoms with E-state index >= 15 is 0 Å². The van der Waals surface area contributed by atoms with Crippen molar-refractivity contribution in [3.63, 3.8) is 0 Å². The zero-order valence-corrected chi connectivity index (χ0v) is 12.3. The molecule has 112 valence electrons. The average Bonchev–Trinajstić information content (AvgIpc) is 2.86. The fourth-order valence-corrected chi connectivity index (χ4v) is 2.03. The predicted octanol–water partition coefficient (Wildman–Crippen LogP) is 3.44. The first kappa shape index (κ1) is 15.0. The van der Waals surface area contributed by atoms with Gasteiger partial charge in [-0.1, -0.05) is 13.0 Å². The molecular formula is C16H18O5. The molecule has 0 saturated carbocycles. The van der Waals surface area contributed by atoms with E-state index in [1.807, 2.05) is 18.2 Å². The van der Waals surface area contributed by atoms with Crippen molar-refractivity contribution in [2.24, 2.45) is 0 Å². The van der Waals surface area contributed by atoms with Crippen LogP contribution in [-0.4, -0.2) is 18.2 Å². The molecule has 21 heavy (non-hydrogen) atoms. The summed E-state index contributed by atoms with van der Waals surface area (Å²) >= 11 is 0. The Morgan fingerprint density at radius 2 is 2.05 bits per heavy atom. The molecule has 2 aromatic rings. The highest BCUT2D eigenvalue weighted by Gasteiger charge is 2.15. The number of hydrogen-bond donors (Lipinski definition) is 1. The molecule has 0 atom stereocenters. The zero-order valence-electron chi connectivity index (χ0n) is 12.3. The summed E-state index contributed by atoms with van der Waals surface area (Å²) in [4.78, 5) is 10.9. The molecule has 0 aliphatic rings. The van der Waals surface area contributed by atoms with Gasteiger partial charge < -0.3 is 19.0 Å². The molecule has 5 heteroatoms. The second-order valence-electron chi connectivity index (χ2n) is 4.66. The zero-order chi connectivity index (χ0) is 15.4. The standard InChI is InChI=1S/C16H18O5/c1-4-11-5-6-13(14(8-11)19-3)20-9-12-7-10(2)15(21-12)16(17)18/h5-8H,4,9H2,1-3H3,(H,17,18). The third kappa shape index (κ3) is 3.37. The van der Waals surface area contributed by atoms with Crippen LogP contribution < -0.4 is 9.47 Å². The van der Waals surface area contributed by atoms with Gasteiger partial charge in [0, 0.05) is 5.56 Å². The molecule has 0 radical (unpaired) electrons. The Kier molecular flexibility index (Phi) is 4.52. The second kappa shape index (κ2) is 6.35. The molecular weight excluding hydrogens is 272 g/mol. The lowest BCUT2D eigenvalue weighted by atomic mass is 10.1. The Morgan fingerprint density at radius 3 is 2.62 bits per heavy atom. The average molecular weight is 290 g/mol. The Balaban J connectivity index is 2.12. The molecule has 0 saturated heterocycles. The second-order valence-corrected chi connectivity index (χ2v) is 4.66. The molecule has 0 bridgehead atoms. The lowest BCUT2D eigenvalue weighted by Crippen LogP contribution is -1.98. The minimum absolute atomic E-state index is 0.0538. The van der Waals surface area contributed by atoms with Gasteiger partial charge in [0.25, 0.3) is 0 Å². The van der Waals surface area contributed by atoms with Crippen molar-refractivity contribution >= 4 is 5.97 Å². The Labute approximate surface area is 123 Å². The van der Waals surface area contributed by atoms with E-state index in [-0.39, 0.29) is 12.4 Å². The summed E-state index contributed by atoms with van der Waals surface area (Å²) in [5.41, 5.74) is 1.73. The van der Waals surface area contributed by atoms with Crippen LogP contribution in [0.5, 0.6) is 11.5 Å². The molecule has 2 rings (SSSR count). The van der Waals surface area contributed by atoms with Gasteiger partial charge in [-0.05, 0) is 37.1 Å². The van der Waals surface area contributed by atoms with Crippen LogP contribution in [0.1, 0.15) is 34.4 Å². The van der Waals surface area contributed by atoms with Crippen LogP contribution in [0.25, 0.3) is 0 Å².